The van der Waals surface area contributed by atoms with E-state index in [0.29, 0.717) is 0 Å². The summed E-state index contributed by atoms with van der Waals surface area (Å²) in [6, 6.07) is 0. The quantitative estimate of drug-likeness (QED) is 0.239. The molecule has 0 radical (unpaired) electrons. The molecular weight excluding hydrogens is 236 g/mol. The van der Waals surface area contributed by atoms with Crippen LogP contribution in [-0.4, -0.2) is 17.0 Å². The van der Waals surface area contributed by atoms with Gasteiger partial charge in [0.2, 0.25) is 5.78 Å². The Morgan fingerprint density at radius 2 is 2.00 bits per heavy atom. The van der Waals surface area contributed by atoms with Gasteiger partial charge in [-0.05, 0) is 42.8 Å². The minimum absolute atomic E-state index is 0.369. The Hall–Kier alpha value is -1.77. The summed E-state index contributed by atoms with van der Waals surface area (Å²) >= 11 is 0. The number of ketones is 1. The van der Waals surface area contributed by atoms with Crippen molar-refractivity contribution in [3.8, 4) is 23.7 Å². The molecule has 0 heterocycles. The average Bonchev–Trinajstić information content (AvgIpc) is 2.42. The van der Waals surface area contributed by atoms with Crippen LogP contribution in [0.1, 0.15) is 45.4 Å². The largest absolute Gasteiger partial charge is 0.377 e. The molecule has 1 atom stereocenters. The van der Waals surface area contributed by atoms with Crippen LogP contribution in [0.15, 0.2) is 24.8 Å². The third-order valence-corrected chi connectivity index (χ3v) is 2.45. The molecule has 0 rings (SSSR count). The smallest absolute Gasteiger partial charge is 0.229 e. The molecule has 102 valence electrons. The van der Waals surface area contributed by atoms with Crippen molar-refractivity contribution >= 4 is 5.78 Å². The molecule has 0 saturated carbocycles. The first-order valence-electron chi connectivity index (χ1n) is 6.73. The van der Waals surface area contributed by atoms with Crippen molar-refractivity contribution in [3.63, 3.8) is 0 Å². The normalized spacial score (nSPS) is 11.1. The van der Waals surface area contributed by atoms with Gasteiger partial charge in [0.15, 0.2) is 0 Å². The molecule has 0 aliphatic rings. The predicted molar refractivity (Wildman–Crippen MR) is 79.3 cm³/mol. The van der Waals surface area contributed by atoms with Crippen molar-refractivity contribution in [2.45, 2.75) is 51.6 Å². The molecular formula is C17H22O2. The van der Waals surface area contributed by atoms with E-state index in [2.05, 4.69) is 37.2 Å². The lowest BCUT2D eigenvalue weighted by Crippen LogP contribution is -1.96. The molecule has 2 nitrogen and oxygen atoms in total. The van der Waals surface area contributed by atoms with Gasteiger partial charge < -0.3 is 5.11 Å². The summed E-state index contributed by atoms with van der Waals surface area (Å²) < 4.78 is 0. The van der Waals surface area contributed by atoms with Crippen molar-refractivity contribution in [2.75, 3.05) is 0 Å². The zero-order valence-corrected chi connectivity index (χ0v) is 11.6. The first-order valence-corrected chi connectivity index (χ1v) is 6.73. The van der Waals surface area contributed by atoms with E-state index in [-0.39, 0.29) is 5.78 Å². The Kier molecular flexibility index (Phi) is 11.5. The minimum Gasteiger partial charge on any atom is -0.377 e. The summed E-state index contributed by atoms with van der Waals surface area (Å²) in [5.74, 6) is 9.23. The first-order chi connectivity index (χ1) is 9.20. The molecule has 19 heavy (non-hydrogen) atoms. The van der Waals surface area contributed by atoms with Gasteiger partial charge in [-0.1, -0.05) is 51.2 Å². The van der Waals surface area contributed by atoms with Crippen LogP contribution in [0.25, 0.3) is 0 Å². The van der Waals surface area contributed by atoms with Crippen molar-refractivity contribution in [1.29, 1.82) is 0 Å². The maximum absolute atomic E-state index is 10.7. The Morgan fingerprint density at radius 1 is 1.26 bits per heavy atom. The second-order valence-corrected chi connectivity index (χ2v) is 4.16. The van der Waals surface area contributed by atoms with E-state index in [0.717, 1.165) is 18.9 Å². The highest BCUT2D eigenvalue weighted by Gasteiger charge is 1.90. The van der Waals surface area contributed by atoms with Gasteiger partial charge in [-0.2, -0.15) is 0 Å². The van der Waals surface area contributed by atoms with E-state index >= 15 is 0 Å². The summed E-state index contributed by atoms with van der Waals surface area (Å²) in [4.78, 5) is 10.7. The van der Waals surface area contributed by atoms with E-state index in [1.165, 1.54) is 25.7 Å². The highest BCUT2D eigenvalue weighted by molar-refractivity contribution is 6.04. The Bertz CT molecular complexity index is 410. The van der Waals surface area contributed by atoms with Crippen LogP contribution in [0.2, 0.25) is 0 Å². The second kappa shape index (κ2) is 12.7. The number of aliphatic hydroxyl groups excluding tert-OH is 1. The van der Waals surface area contributed by atoms with Gasteiger partial charge in [-0.3, -0.25) is 4.79 Å². The van der Waals surface area contributed by atoms with Gasteiger partial charge in [0, 0.05) is 0 Å². The highest BCUT2D eigenvalue weighted by Crippen LogP contribution is 2.05. The van der Waals surface area contributed by atoms with Crippen LogP contribution < -0.4 is 0 Å². The molecule has 0 aliphatic carbocycles. The maximum atomic E-state index is 10.7. The van der Waals surface area contributed by atoms with Gasteiger partial charge in [0.25, 0.3) is 0 Å². The predicted octanol–water partition coefficient (Wildman–Crippen LogP) is 3.03. The van der Waals surface area contributed by atoms with Crippen LogP contribution in [0.5, 0.6) is 0 Å². The van der Waals surface area contributed by atoms with Gasteiger partial charge in [-0.25, -0.2) is 0 Å². The first kappa shape index (κ1) is 17.2. The average molecular weight is 258 g/mol. The lowest BCUT2D eigenvalue weighted by molar-refractivity contribution is -0.109. The van der Waals surface area contributed by atoms with Gasteiger partial charge in [0.05, 0.1) is 0 Å². The number of hydrogen-bond donors (Lipinski definition) is 1. The molecule has 1 unspecified atom stereocenters. The van der Waals surface area contributed by atoms with Gasteiger partial charge >= 0.3 is 0 Å². The van der Waals surface area contributed by atoms with Crippen molar-refractivity contribution in [3.05, 3.63) is 24.8 Å². The summed E-state index contributed by atoms with van der Waals surface area (Å²) in [7, 11) is 0. The van der Waals surface area contributed by atoms with Crippen LogP contribution in [0.3, 0.4) is 0 Å². The third kappa shape index (κ3) is 12.5. The molecule has 0 aromatic rings. The minimum atomic E-state index is -0.816. The van der Waals surface area contributed by atoms with Crippen molar-refractivity contribution < 1.29 is 9.90 Å². The fourth-order valence-corrected chi connectivity index (χ4v) is 1.39. The summed E-state index contributed by atoms with van der Waals surface area (Å²) in [6.07, 6.45) is 11.1. The second-order valence-electron chi connectivity index (χ2n) is 4.16. The van der Waals surface area contributed by atoms with Gasteiger partial charge in [0.1, 0.15) is 6.10 Å². The molecule has 2 heteroatoms. The maximum Gasteiger partial charge on any atom is 0.229 e. The molecule has 0 aliphatic heterocycles. The monoisotopic (exact) mass is 258 g/mol. The number of allylic oxidation sites excluding steroid dienone is 2. The van der Waals surface area contributed by atoms with E-state index in [4.69, 9.17) is 0 Å². The SMILES string of the molecule is C=CC(=O)C#CC#CC(O)C=CCCCCCCC. The Morgan fingerprint density at radius 3 is 2.68 bits per heavy atom. The fraction of sp³-hybridized carbons (Fsp3) is 0.471. The summed E-state index contributed by atoms with van der Waals surface area (Å²) in [5, 5.41) is 9.48. The molecule has 0 fully saturated rings. The summed E-state index contributed by atoms with van der Waals surface area (Å²) in [5.41, 5.74) is 0. The molecule has 0 bridgehead atoms. The van der Waals surface area contributed by atoms with Crippen LogP contribution in [-0.2, 0) is 4.79 Å². The fourth-order valence-electron chi connectivity index (χ4n) is 1.39. The van der Waals surface area contributed by atoms with Crippen molar-refractivity contribution in [2.24, 2.45) is 0 Å². The molecule has 0 saturated heterocycles. The lowest BCUT2D eigenvalue weighted by Gasteiger charge is -1.96. The van der Waals surface area contributed by atoms with Crippen LogP contribution in [0, 0.1) is 23.7 Å². The number of carbonyl (C=O) groups is 1. The number of hydrogen-bond acceptors (Lipinski definition) is 2. The summed E-state index contributed by atoms with van der Waals surface area (Å²) in [6.45, 7) is 5.49. The number of carbonyl (C=O) groups excluding carboxylic acids is 1. The standard InChI is InChI=1S/C17H22O2/c1-3-5-6-7-8-9-10-14-17(19)15-12-11-13-16(18)4-2/h4,10,14,17,19H,2-3,5-9H2,1H3. The molecule has 0 aromatic heterocycles. The van der Waals surface area contributed by atoms with Gasteiger partial charge in [-0.15, -0.1) is 0 Å². The zero-order chi connectivity index (χ0) is 14.3. The van der Waals surface area contributed by atoms with Crippen LogP contribution in [0.4, 0.5) is 0 Å². The number of rotatable bonds is 8. The van der Waals surface area contributed by atoms with Crippen LogP contribution >= 0.6 is 0 Å². The van der Waals surface area contributed by atoms with E-state index < -0.39 is 6.10 Å². The topological polar surface area (TPSA) is 37.3 Å². The highest BCUT2D eigenvalue weighted by atomic mass is 16.3. The molecule has 0 amide bonds. The van der Waals surface area contributed by atoms with E-state index in [9.17, 15) is 9.90 Å². The molecule has 1 N–H and O–H groups in total. The van der Waals surface area contributed by atoms with E-state index in [1.54, 1.807) is 6.08 Å². The Balaban J connectivity index is 3.81. The number of unbranched alkanes of at least 4 members (excludes halogenated alkanes) is 5. The van der Waals surface area contributed by atoms with E-state index in [1.807, 2.05) is 6.08 Å². The Labute approximate surface area is 116 Å². The lowest BCUT2D eigenvalue weighted by atomic mass is 10.1. The molecule has 0 spiro atoms. The third-order valence-electron chi connectivity index (χ3n) is 2.45. The molecule has 0 aromatic carbocycles. The number of aliphatic hydroxyl groups is 1. The van der Waals surface area contributed by atoms with Crippen molar-refractivity contribution in [1.82, 2.24) is 0 Å². The zero-order valence-electron chi connectivity index (χ0n) is 11.6.